The van der Waals surface area contributed by atoms with E-state index < -0.39 is 0 Å². The zero-order valence-corrected chi connectivity index (χ0v) is 12.0. The van der Waals surface area contributed by atoms with Gasteiger partial charge in [-0.1, -0.05) is 0 Å². The summed E-state index contributed by atoms with van der Waals surface area (Å²) in [4.78, 5) is 21.6. The Morgan fingerprint density at radius 2 is 2.11 bits per heavy atom. The summed E-state index contributed by atoms with van der Waals surface area (Å²) in [6.45, 7) is 7.87. The number of likely N-dealkylation sites (N-methyl/N-ethyl adjacent to an activating group) is 1. The van der Waals surface area contributed by atoms with Crippen LogP contribution < -0.4 is 10.2 Å². The monoisotopic (exact) mass is 268 g/mol. The number of aromatic nitrogens is 1. The number of aryl methyl sites for hydroxylation is 2. The molecule has 1 aromatic heterocycles. The minimum atomic E-state index is 0.185. The molecular formula is C12H20N4OS. The first-order chi connectivity index (χ1) is 8.58. The molecule has 0 aromatic carbocycles. The number of thiazole rings is 1. The molecule has 0 saturated carbocycles. The number of carbonyl (C=O) groups excluding carboxylic acids is 1. The van der Waals surface area contributed by atoms with Crippen LogP contribution in [-0.2, 0) is 4.79 Å². The van der Waals surface area contributed by atoms with Crippen LogP contribution in [0.25, 0.3) is 0 Å². The Balaban J connectivity index is 1.93. The second-order valence-electron chi connectivity index (χ2n) is 4.62. The molecule has 1 aromatic rings. The van der Waals surface area contributed by atoms with Gasteiger partial charge in [-0.25, -0.2) is 4.98 Å². The fraction of sp³-hybridized carbons (Fsp3) is 0.667. The molecule has 1 aliphatic heterocycles. The van der Waals surface area contributed by atoms with Crippen LogP contribution in [0.2, 0.25) is 0 Å². The molecule has 5 nitrogen and oxygen atoms in total. The highest BCUT2D eigenvalue weighted by Crippen LogP contribution is 2.23. The van der Waals surface area contributed by atoms with Gasteiger partial charge in [0, 0.05) is 38.1 Å². The number of nitrogens with zero attached hydrogens (tertiary/aromatic N) is 3. The summed E-state index contributed by atoms with van der Waals surface area (Å²) in [7, 11) is 1.93. The third-order valence-corrected chi connectivity index (χ3v) is 4.37. The van der Waals surface area contributed by atoms with Crippen LogP contribution in [0.5, 0.6) is 0 Å². The van der Waals surface area contributed by atoms with E-state index in [4.69, 9.17) is 0 Å². The lowest BCUT2D eigenvalue weighted by atomic mass is 10.3. The Bertz CT molecular complexity index is 406. The Morgan fingerprint density at radius 3 is 2.67 bits per heavy atom. The van der Waals surface area contributed by atoms with Crippen LogP contribution in [0.4, 0.5) is 5.13 Å². The minimum absolute atomic E-state index is 0.185. The number of carbonyl (C=O) groups is 1. The third kappa shape index (κ3) is 3.00. The van der Waals surface area contributed by atoms with Crippen molar-refractivity contribution in [2.45, 2.75) is 13.8 Å². The topological polar surface area (TPSA) is 48.5 Å². The number of amides is 1. The molecule has 0 spiro atoms. The van der Waals surface area contributed by atoms with Crippen molar-refractivity contribution in [3.63, 3.8) is 0 Å². The molecule has 0 bridgehead atoms. The van der Waals surface area contributed by atoms with Gasteiger partial charge in [0.2, 0.25) is 5.91 Å². The largest absolute Gasteiger partial charge is 0.342 e. The van der Waals surface area contributed by atoms with Crippen molar-refractivity contribution in [1.29, 1.82) is 0 Å². The van der Waals surface area contributed by atoms with Gasteiger partial charge in [-0.3, -0.25) is 4.79 Å². The summed E-state index contributed by atoms with van der Waals surface area (Å²) < 4.78 is 0. The van der Waals surface area contributed by atoms with Crippen molar-refractivity contribution in [3.8, 4) is 0 Å². The van der Waals surface area contributed by atoms with E-state index in [0.29, 0.717) is 6.54 Å². The molecule has 0 aliphatic carbocycles. The molecular weight excluding hydrogens is 248 g/mol. The molecule has 0 atom stereocenters. The van der Waals surface area contributed by atoms with E-state index in [2.05, 4.69) is 17.2 Å². The van der Waals surface area contributed by atoms with Crippen LogP contribution in [0.1, 0.15) is 10.6 Å². The molecule has 1 amide bonds. The molecule has 0 unspecified atom stereocenters. The van der Waals surface area contributed by atoms with Gasteiger partial charge in [-0.2, -0.15) is 0 Å². The number of hydrogen-bond donors (Lipinski definition) is 1. The first-order valence-corrected chi connectivity index (χ1v) is 7.03. The van der Waals surface area contributed by atoms with E-state index in [-0.39, 0.29) is 5.91 Å². The van der Waals surface area contributed by atoms with Gasteiger partial charge in [0.15, 0.2) is 5.13 Å². The molecule has 1 fully saturated rings. The van der Waals surface area contributed by atoms with Gasteiger partial charge in [-0.05, 0) is 13.8 Å². The Morgan fingerprint density at radius 1 is 1.44 bits per heavy atom. The van der Waals surface area contributed by atoms with E-state index in [1.165, 1.54) is 4.88 Å². The second-order valence-corrected chi connectivity index (χ2v) is 5.81. The smallest absolute Gasteiger partial charge is 0.242 e. The number of anilines is 1. The SMILES string of the molecule is Cc1nc(N(C)CC(=O)N2CCNCC2)sc1C. The molecule has 2 heterocycles. The van der Waals surface area contributed by atoms with E-state index >= 15 is 0 Å². The van der Waals surface area contributed by atoms with Gasteiger partial charge in [-0.15, -0.1) is 11.3 Å². The van der Waals surface area contributed by atoms with Gasteiger partial charge in [0.1, 0.15) is 0 Å². The molecule has 18 heavy (non-hydrogen) atoms. The molecule has 6 heteroatoms. The predicted octanol–water partition coefficient (Wildman–Crippen LogP) is 0.628. The summed E-state index contributed by atoms with van der Waals surface area (Å²) >= 11 is 1.64. The standard InChI is InChI=1S/C12H20N4OS/c1-9-10(2)18-12(14-9)15(3)8-11(17)16-6-4-13-5-7-16/h13H,4-8H2,1-3H3. The fourth-order valence-electron chi connectivity index (χ4n) is 1.90. The van der Waals surface area contributed by atoms with Crippen molar-refractivity contribution in [1.82, 2.24) is 15.2 Å². The summed E-state index contributed by atoms with van der Waals surface area (Å²) in [5.41, 5.74) is 1.05. The molecule has 0 radical (unpaired) electrons. The van der Waals surface area contributed by atoms with Gasteiger partial charge >= 0.3 is 0 Å². The van der Waals surface area contributed by atoms with Crippen LogP contribution in [-0.4, -0.2) is 55.6 Å². The van der Waals surface area contributed by atoms with Crippen LogP contribution in [0.3, 0.4) is 0 Å². The van der Waals surface area contributed by atoms with E-state index in [9.17, 15) is 4.79 Å². The zero-order valence-electron chi connectivity index (χ0n) is 11.2. The highest BCUT2D eigenvalue weighted by atomic mass is 32.1. The van der Waals surface area contributed by atoms with Crippen LogP contribution in [0.15, 0.2) is 0 Å². The zero-order chi connectivity index (χ0) is 13.1. The average Bonchev–Trinajstić information content (AvgIpc) is 2.71. The lowest BCUT2D eigenvalue weighted by molar-refractivity contribution is -0.130. The first kappa shape index (κ1) is 13.3. The van der Waals surface area contributed by atoms with E-state index in [1.807, 2.05) is 23.8 Å². The van der Waals surface area contributed by atoms with Gasteiger partial charge < -0.3 is 15.1 Å². The predicted molar refractivity (Wildman–Crippen MR) is 74.3 cm³/mol. The maximum Gasteiger partial charge on any atom is 0.242 e. The quantitative estimate of drug-likeness (QED) is 0.873. The van der Waals surface area contributed by atoms with Crippen molar-refractivity contribution in [3.05, 3.63) is 10.6 Å². The van der Waals surface area contributed by atoms with E-state index in [1.54, 1.807) is 11.3 Å². The lowest BCUT2D eigenvalue weighted by Gasteiger charge is -2.29. The number of nitrogens with one attached hydrogen (secondary N) is 1. The third-order valence-electron chi connectivity index (χ3n) is 3.19. The van der Waals surface area contributed by atoms with Crippen LogP contribution >= 0.6 is 11.3 Å². The van der Waals surface area contributed by atoms with Gasteiger partial charge in [0.25, 0.3) is 0 Å². The Kier molecular flexibility index (Phi) is 4.19. The molecule has 1 aliphatic rings. The second kappa shape index (κ2) is 5.67. The maximum atomic E-state index is 12.1. The average molecular weight is 268 g/mol. The number of piperazine rings is 1. The number of rotatable bonds is 3. The summed E-state index contributed by atoms with van der Waals surface area (Å²) in [5, 5.41) is 4.17. The Labute approximate surface area is 112 Å². The normalized spacial score (nSPS) is 15.8. The van der Waals surface area contributed by atoms with Crippen molar-refractivity contribution in [2.24, 2.45) is 0 Å². The summed E-state index contributed by atoms with van der Waals surface area (Å²) in [6.07, 6.45) is 0. The molecule has 1 N–H and O–H groups in total. The molecule has 2 rings (SSSR count). The first-order valence-electron chi connectivity index (χ1n) is 6.21. The van der Waals surface area contributed by atoms with Crippen molar-refractivity contribution >= 4 is 22.4 Å². The van der Waals surface area contributed by atoms with Gasteiger partial charge in [0.05, 0.1) is 12.2 Å². The highest BCUT2D eigenvalue weighted by Gasteiger charge is 2.19. The van der Waals surface area contributed by atoms with Crippen molar-refractivity contribution < 1.29 is 4.79 Å². The molecule has 100 valence electrons. The number of hydrogen-bond acceptors (Lipinski definition) is 5. The summed E-state index contributed by atoms with van der Waals surface area (Å²) in [6, 6.07) is 0. The summed E-state index contributed by atoms with van der Waals surface area (Å²) in [5.74, 6) is 0.185. The lowest BCUT2D eigenvalue weighted by Crippen LogP contribution is -2.49. The van der Waals surface area contributed by atoms with E-state index in [0.717, 1.165) is 37.0 Å². The van der Waals surface area contributed by atoms with Crippen LogP contribution in [0, 0.1) is 13.8 Å². The highest BCUT2D eigenvalue weighted by molar-refractivity contribution is 7.15. The maximum absolute atomic E-state index is 12.1. The van der Waals surface area contributed by atoms with Crippen molar-refractivity contribution in [2.75, 3.05) is 44.7 Å². The minimum Gasteiger partial charge on any atom is -0.342 e. The molecule has 1 saturated heterocycles. The Hall–Kier alpha value is -1.14. The fourth-order valence-corrected chi connectivity index (χ4v) is 2.77.